The maximum atomic E-state index is 12.8. The Bertz CT molecular complexity index is 675. The van der Waals surface area contributed by atoms with Gasteiger partial charge in [0.05, 0.1) is 16.6 Å². The third-order valence-corrected chi connectivity index (χ3v) is 5.00. The van der Waals surface area contributed by atoms with E-state index in [0.29, 0.717) is 11.6 Å². The molecule has 2 aliphatic rings. The first kappa shape index (κ1) is 17.0. The highest BCUT2D eigenvalue weighted by molar-refractivity contribution is 6.31. The van der Waals surface area contributed by atoms with Gasteiger partial charge in [0.25, 0.3) is 0 Å². The number of nitrogens with zero attached hydrogens (tertiary/aromatic N) is 3. The highest BCUT2D eigenvalue weighted by atomic mass is 35.5. The van der Waals surface area contributed by atoms with Crippen molar-refractivity contribution in [2.24, 2.45) is 13.0 Å². The molecule has 6 heteroatoms. The van der Waals surface area contributed by atoms with E-state index in [1.165, 1.54) is 0 Å². The van der Waals surface area contributed by atoms with E-state index in [1.807, 2.05) is 48.4 Å². The molecule has 2 heterocycles. The minimum Gasteiger partial charge on any atom is -0.338 e. The summed E-state index contributed by atoms with van der Waals surface area (Å²) in [6.07, 6.45) is 14.4. The summed E-state index contributed by atoms with van der Waals surface area (Å²) in [6.45, 7) is 3.49. The molecule has 0 saturated carbocycles. The van der Waals surface area contributed by atoms with Gasteiger partial charge in [-0.25, -0.2) is 0 Å². The highest BCUT2D eigenvalue weighted by Gasteiger charge is 2.35. The average Bonchev–Trinajstić information content (AvgIpc) is 2.94. The maximum Gasteiger partial charge on any atom is 0.233 e. The van der Waals surface area contributed by atoms with E-state index in [9.17, 15) is 4.79 Å². The van der Waals surface area contributed by atoms with Crippen molar-refractivity contribution >= 4 is 17.5 Å². The Balaban J connectivity index is 1.59. The number of rotatable bonds is 4. The van der Waals surface area contributed by atoms with E-state index in [0.717, 1.165) is 18.7 Å². The lowest BCUT2D eigenvalue weighted by Gasteiger charge is -2.27. The smallest absolute Gasteiger partial charge is 0.233 e. The van der Waals surface area contributed by atoms with Crippen LogP contribution in [0.4, 0.5) is 0 Å². The summed E-state index contributed by atoms with van der Waals surface area (Å²) in [5.41, 5.74) is 0.844. The fourth-order valence-electron chi connectivity index (χ4n) is 3.29. The lowest BCUT2D eigenvalue weighted by atomic mass is 10.1. The highest BCUT2D eigenvalue weighted by Crippen LogP contribution is 2.23. The molecule has 1 N–H and O–H groups in total. The van der Waals surface area contributed by atoms with Crippen LogP contribution in [0.1, 0.15) is 19.0 Å². The van der Waals surface area contributed by atoms with E-state index >= 15 is 0 Å². The zero-order chi connectivity index (χ0) is 17.1. The molecule has 0 spiro atoms. The van der Waals surface area contributed by atoms with Crippen LogP contribution in [0.15, 0.2) is 42.7 Å². The number of allylic oxidation sites excluding steroid dienone is 4. The van der Waals surface area contributed by atoms with Gasteiger partial charge in [0, 0.05) is 38.4 Å². The van der Waals surface area contributed by atoms with Crippen LogP contribution < -0.4 is 5.32 Å². The third kappa shape index (κ3) is 3.62. The Morgan fingerprint density at radius 2 is 2.04 bits per heavy atom. The molecule has 2 atom stereocenters. The molecule has 1 aliphatic carbocycles. The van der Waals surface area contributed by atoms with Crippen molar-refractivity contribution in [1.29, 1.82) is 0 Å². The lowest BCUT2D eigenvalue weighted by Crippen LogP contribution is -2.44. The second kappa shape index (κ2) is 7.36. The predicted octanol–water partition coefficient (Wildman–Crippen LogP) is 2.45. The van der Waals surface area contributed by atoms with Crippen LogP contribution in [0.3, 0.4) is 0 Å². The van der Waals surface area contributed by atoms with Crippen LogP contribution in [0.25, 0.3) is 0 Å². The first-order chi connectivity index (χ1) is 11.6. The molecule has 0 radical (unpaired) electrons. The van der Waals surface area contributed by atoms with Crippen LogP contribution in [0.2, 0.25) is 5.02 Å². The number of likely N-dealkylation sites (tertiary alicyclic amines) is 1. The molecule has 1 amide bonds. The van der Waals surface area contributed by atoms with E-state index in [1.54, 1.807) is 10.9 Å². The van der Waals surface area contributed by atoms with Gasteiger partial charge < -0.3 is 10.2 Å². The summed E-state index contributed by atoms with van der Waals surface area (Å²) in [7, 11) is 1.86. The monoisotopic (exact) mass is 346 g/mol. The quantitative estimate of drug-likeness (QED) is 0.911. The summed E-state index contributed by atoms with van der Waals surface area (Å²) in [6, 6.07) is 0.405. The first-order valence-electron chi connectivity index (χ1n) is 8.30. The number of hydrogen-bond donors (Lipinski definition) is 1. The molecule has 0 aromatic carbocycles. The van der Waals surface area contributed by atoms with Crippen molar-refractivity contribution in [1.82, 2.24) is 20.0 Å². The summed E-state index contributed by atoms with van der Waals surface area (Å²) in [5.74, 6) is -0.00898. The fourth-order valence-corrected chi connectivity index (χ4v) is 3.54. The SMILES string of the molecule is CC1C(NCc2nn(C)cc2Cl)CCN1C(=O)C1C=CC=CC=C1. The van der Waals surface area contributed by atoms with Crippen LogP contribution in [0.5, 0.6) is 0 Å². The minimum absolute atomic E-state index is 0.151. The number of amides is 1. The Labute approximate surface area is 147 Å². The minimum atomic E-state index is -0.175. The van der Waals surface area contributed by atoms with Crippen LogP contribution >= 0.6 is 11.6 Å². The van der Waals surface area contributed by atoms with E-state index in [-0.39, 0.29) is 23.9 Å². The molecule has 1 aromatic rings. The molecule has 1 aliphatic heterocycles. The van der Waals surface area contributed by atoms with Gasteiger partial charge in [-0.2, -0.15) is 5.10 Å². The van der Waals surface area contributed by atoms with E-state index < -0.39 is 0 Å². The van der Waals surface area contributed by atoms with E-state index in [2.05, 4.69) is 17.3 Å². The normalized spacial score (nSPS) is 23.9. The second-order valence-corrected chi connectivity index (χ2v) is 6.73. The summed E-state index contributed by atoms with van der Waals surface area (Å²) in [5, 5.41) is 8.52. The number of nitrogens with one attached hydrogen (secondary N) is 1. The Hall–Kier alpha value is -1.85. The molecule has 1 fully saturated rings. The zero-order valence-corrected chi connectivity index (χ0v) is 14.8. The molecule has 128 valence electrons. The Morgan fingerprint density at radius 1 is 1.33 bits per heavy atom. The fraction of sp³-hybridized carbons (Fsp3) is 0.444. The van der Waals surface area contributed by atoms with E-state index in [4.69, 9.17) is 11.6 Å². The maximum absolute atomic E-state index is 12.8. The van der Waals surface area contributed by atoms with Crippen molar-refractivity contribution in [3.63, 3.8) is 0 Å². The summed E-state index contributed by atoms with van der Waals surface area (Å²) >= 11 is 6.15. The van der Waals surface area contributed by atoms with Crippen LogP contribution in [-0.2, 0) is 18.4 Å². The largest absolute Gasteiger partial charge is 0.338 e. The van der Waals surface area contributed by atoms with Crippen molar-refractivity contribution < 1.29 is 4.79 Å². The molecular weight excluding hydrogens is 324 g/mol. The zero-order valence-electron chi connectivity index (χ0n) is 14.0. The van der Waals surface area contributed by atoms with Gasteiger partial charge in [-0.05, 0) is 13.3 Å². The first-order valence-corrected chi connectivity index (χ1v) is 8.67. The number of carbonyl (C=O) groups is 1. The average molecular weight is 347 g/mol. The van der Waals surface area contributed by atoms with Gasteiger partial charge in [0.15, 0.2) is 0 Å². The van der Waals surface area contributed by atoms with Crippen molar-refractivity contribution in [3.8, 4) is 0 Å². The van der Waals surface area contributed by atoms with Crippen LogP contribution in [-0.4, -0.2) is 39.2 Å². The molecule has 24 heavy (non-hydrogen) atoms. The second-order valence-electron chi connectivity index (χ2n) is 6.33. The molecular formula is C18H23ClN4O. The third-order valence-electron chi connectivity index (χ3n) is 4.68. The van der Waals surface area contributed by atoms with Crippen molar-refractivity contribution in [2.75, 3.05) is 6.54 Å². The topological polar surface area (TPSA) is 50.2 Å². The lowest BCUT2D eigenvalue weighted by molar-refractivity contribution is -0.133. The van der Waals surface area contributed by atoms with Crippen molar-refractivity contribution in [3.05, 3.63) is 53.4 Å². The standard InChI is InChI=1S/C18H23ClN4O/c1-13-16(20-11-17-15(19)12-22(2)21-17)9-10-23(13)18(24)14-7-5-3-4-6-8-14/h3-8,12-14,16,20H,9-11H2,1-2H3. The van der Waals surface area contributed by atoms with Gasteiger partial charge in [0.1, 0.15) is 0 Å². The Morgan fingerprint density at radius 3 is 2.67 bits per heavy atom. The Kier molecular flexibility index (Phi) is 5.21. The number of carbonyl (C=O) groups excluding carboxylic acids is 1. The predicted molar refractivity (Wildman–Crippen MR) is 95.5 cm³/mol. The number of halogens is 1. The van der Waals surface area contributed by atoms with Gasteiger partial charge >= 0.3 is 0 Å². The van der Waals surface area contributed by atoms with Crippen molar-refractivity contribution in [2.45, 2.75) is 32.0 Å². The molecule has 2 unspecified atom stereocenters. The van der Waals surface area contributed by atoms with Gasteiger partial charge in [-0.15, -0.1) is 0 Å². The summed E-state index contributed by atoms with van der Waals surface area (Å²) in [4.78, 5) is 14.7. The number of aryl methyl sites for hydroxylation is 1. The molecule has 0 bridgehead atoms. The van der Waals surface area contributed by atoms with Gasteiger partial charge in [0.2, 0.25) is 5.91 Å². The summed E-state index contributed by atoms with van der Waals surface area (Å²) < 4.78 is 1.71. The molecule has 3 rings (SSSR count). The molecule has 1 aromatic heterocycles. The molecule has 1 saturated heterocycles. The number of aromatic nitrogens is 2. The molecule has 5 nitrogen and oxygen atoms in total. The van der Waals surface area contributed by atoms with Gasteiger partial charge in [-0.3, -0.25) is 9.48 Å². The van der Waals surface area contributed by atoms with Crippen LogP contribution in [0, 0.1) is 5.92 Å². The van der Waals surface area contributed by atoms with Gasteiger partial charge in [-0.1, -0.05) is 48.1 Å². The number of hydrogen-bond acceptors (Lipinski definition) is 3.